The lowest BCUT2D eigenvalue weighted by molar-refractivity contribution is 0.167. The Morgan fingerprint density at radius 3 is 2.47 bits per heavy atom. The second-order valence-corrected chi connectivity index (χ2v) is 8.87. The van der Waals surface area contributed by atoms with Crippen molar-refractivity contribution < 1.29 is 4.74 Å². The molecule has 0 fully saturated rings. The molecule has 0 bridgehead atoms. The fourth-order valence-electron chi connectivity index (χ4n) is 3.90. The molecule has 0 spiro atoms. The summed E-state index contributed by atoms with van der Waals surface area (Å²) in [6.07, 6.45) is 1.46. The second-order valence-electron chi connectivity index (χ2n) is 8.01. The van der Waals surface area contributed by atoms with Crippen LogP contribution in [0, 0.1) is 0 Å². The van der Waals surface area contributed by atoms with Crippen LogP contribution in [-0.2, 0) is 13.1 Å². The van der Waals surface area contributed by atoms with E-state index in [1.807, 2.05) is 24.3 Å². The van der Waals surface area contributed by atoms with Gasteiger partial charge in [-0.15, -0.1) is 11.3 Å². The number of methoxy groups -OCH3 is 1. The SMILES string of the molecule is COc1ccc(Cn2c(=O)n3ncnc3c3c(CN(C(C)C)C(C)C)csc32)cc1. The van der Waals surface area contributed by atoms with Crippen LogP contribution in [0.25, 0.3) is 15.9 Å². The van der Waals surface area contributed by atoms with Crippen molar-refractivity contribution in [3.8, 4) is 5.75 Å². The van der Waals surface area contributed by atoms with Crippen molar-refractivity contribution in [2.45, 2.75) is 52.9 Å². The third kappa shape index (κ3) is 3.61. The highest BCUT2D eigenvalue weighted by molar-refractivity contribution is 7.17. The lowest BCUT2D eigenvalue weighted by Crippen LogP contribution is -2.36. The molecule has 0 atom stereocenters. The summed E-state index contributed by atoms with van der Waals surface area (Å²) in [5.74, 6) is 0.795. The van der Waals surface area contributed by atoms with Crippen LogP contribution >= 0.6 is 11.3 Å². The maximum absolute atomic E-state index is 13.2. The van der Waals surface area contributed by atoms with Crippen molar-refractivity contribution in [3.05, 3.63) is 57.6 Å². The first-order valence-corrected chi connectivity index (χ1v) is 11.0. The van der Waals surface area contributed by atoms with E-state index in [-0.39, 0.29) is 5.69 Å². The summed E-state index contributed by atoms with van der Waals surface area (Å²) in [6.45, 7) is 10.1. The summed E-state index contributed by atoms with van der Waals surface area (Å²) in [5, 5.41) is 7.38. The predicted molar refractivity (Wildman–Crippen MR) is 121 cm³/mol. The number of rotatable bonds is 7. The molecule has 0 aliphatic carbocycles. The van der Waals surface area contributed by atoms with E-state index in [0.717, 1.165) is 28.1 Å². The molecule has 0 aliphatic rings. The van der Waals surface area contributed by atoms with Crippen LogP contribution in [0.5, 0.6) is 5.75 Å². The largest absolute Gasteiger partial charge is 0.497 e. The smallest absolute Gasteiger partial charge is 0.352 e. The molecule has 4 aromatic rings. The molecule has 0 radical (unpaired) electrons. The monoisotopic (exact) mass is 425 g/mol. The molecule has 0 saturated carbocycles. The average molecular weight is 426 g/mol. The van der Waals surface area contributed by atoms with Gasteiger partial charge in [-0.3, -0.25) is 9.47 Å². The Morgan fingerprint density at radius 2 is 1.83 bits per heavy atom. The molecule has 0 N–H and O–H groups in total. The van der Waals surface area contributed by atoms with Crippen molar-refractivity contribution in [1.82, 2.24) is 24.1 Å². The molecule has 4 rings (SSSR count). The normalized spacial score (nSPS) is 12.1. The molecule has 158 valence electrons. The topological polar surface area (TPSA) is 64.7 Å². The van der Waals surface area contributed by atoms with Gasteiger partial charge in [-0.2, -0.15) is 9.61 Å². The van der Waals surface area contributed by atoms with E-state index in [1.165, 1.54) is 16.4 Å². The van der Waals surface area contributed by atoms with E-state index in [4.69, 9.17) is 4.74 Å². The van der Waals surface area contributed by atoms with Gasteiger partial charge in [-0.1, -0.05) is 12.1 Å². The first-order valence-electron chi connectivity index (χ1n) is 10.1. The minimum absolute atomic E-state index is 0.177. The molecule has 30 heavy (non-hydrogen) atoms. The maximum Gasteiger partial charge on any atom is 0.352 e. The van der Waals surface area contributed by atoms with Gasteiger partial charge < -0.3 is 4.74 Å². The zero-order valence-corrected chi connectivity index (χ0v) is 18.8. The molecule has 3 heterocycles. The number of ether oxygens (including phenoxy) is 1. The van der Waals surface area contributed by atoms with Crippen molar-refractivity contribution in [3.63, 3.8) is 0 Å². The minimum Gasteiger partial charge on any atom is -0.497 e. The van der Waals surface area contributed by atoms with Crippen LogP contribution in [0.1, 0.15) is 38.8 Å². The summed E-state index contributed by atoms with van der Waals surface area (Å²) < 4.78 is 8.45. The minimum atomic E-state index is -0.177. The number of hydrogen-bond acceptors (Lipinski definition) is 6. The van der Waals surface area contributed by atoms with Crippen LogP contribution in [0.2, 0.25) is 0 Å². The summed E-state index contributed by atoms with van der Waals surface area (Å²) >= 11 is 1.60. The Hall–Kier alpha value is -2.71. The van der Waals surface area contributed by atoms with Crippen molar-refractivity contribution in [1.29, 1.82) is 0 Å². The van der Waals surface area contributed by atoms with E-state index in [9.17, 15) is 4.79 Å². The third-order valence-electron chi connectivity index (χ3n) is 5.46. The van der Waals surface area contributed by atoms with Crippen molar-refractivity contribution >= 4 is 27.2 Å². The lowest BCUT2D eigenvalue weighted by Gasteiger charge is -2.30. The van der Waals surface area contributed by atoms with Gasteiger partial charge >= 0.3 is 5.69 Å². The Kier molecular flexibility index (Phi) is 5.62. The third-order valence-corrected chi connectivity index (χ3v) is 6.51. The van der Waals surface area contributed by atoms with Crippen molar-refractivity contribution in [2.75, 3.05) is 7.11 Å². The van der Waals surface area contributed by atoms with E-state index in [2.05, 4.69) is 48.1 Å². The van der Waals surface area contributed by atoms with Crippen LogP contribution in [0.3, 0.4) is 0 Å². The highest BCUT2D eigenvalue weighted by atomic mass is 32.1. The quantitative estimate of drug-likeness (QED) is 0.451. The number of hydrogen-bond donors (Lipinski definition) is 0. The molecular formula is C22H27N5O2S. The fourth-order valence-corrected chi connectivity index (χ4v) is 4.96. The fraction of sp³-hybridized carbons (Fsp3) is 0.409. The standard InChI is InChI=1S/C22H27N5O2S/c1-14(2)25(15(3)4)11-17-12-30-21-19(17)20-23-13-24-27(20)22(28)26(21)10-16-6-8-18(29-5)9-7-16/h6-9,12-15H,10-11H2,1-5H3. The first kappa shape index (κ1) is 20.6. The second kappa shape index (κ2) is 8.20. The number of benzene rings is 1. The Morgan fingerprint density at radius 1 is 1.13 bits per heavy atom. The average Bonchev–Trinajstić information content (AvgIpc) is 3.36. The van der Waals surface area contributed by atoms with Crippen LogP contribution in [0.4, 0.5) is 0 Å². The molecule has 0 amide bonds. The maximum atomic E-state index is 13.2. The molecule has 3 aromatic heterocycles. The van der Waals surface area contributed by atoms with Crippen molar-refractivity contribution in [2.24, 2.45) is 0 Å². The van der Waals surface area contributed by atoms with E-state index in [1.54, 1.807) is 23.0 Å². The van der Waals surface area contributed by atoms with Gasteiger partial charge in [0.1, 0.15) is 16.9 Å². The van der Waals surface area contributed by atoms with Gasteiger partial charge in [0.15, 0.2) is 5.65 Å². The van der Waals surface area contributed by atoms with E-state index < -0.39 is 0 Å². The molecule has 7 nitrogen and oxygen atoms in total. The number of thiophene rings is 1. The highest BCUT2D eigenvalue weighted by Crippen LogP contribution is 2.30. The number of nitrogens with zero attached hydrogens (tertiary/aromatic N) is 5. The van der Waals surface area contributed by atoms with E-state index >= 15 is 0 Å². The van der Waals surface area contributed by atoms with Gasteiger partial charge in [0, 0.05) is 18.6 Å². The zero-order valence-electron chi connectivity index (χ0n) is 18.0. The summed E-state index contributed by atoms with van der Waals surface area (Å²) in [5.41, 5.74) is 2.66. The number of fused-ring (bicyclic) bond motifs is 3. The Bertz CT molecular complexity index is 1210. The molecule has 0 aliphatic heterocycles. The van der Waals surface area contributed by atoms with Crippen LogP contribution in [0.15, 0.2) is 40.8 Å². The molecule has 8 heteroatoms. The van der Waals surface area contributed by atoms with Gasteiger partial charge in [-0.25, -0.2) is 9.78 Å². The predicted octanol–water partition coefficient (Wildman–Crippen LogP) is 3.78. The van der Waals surface area contributed by atoms with Gasteiger partial charge in [0.2, 0.25) is 0 Å². The summed E-state index contributed by atoms with van der Waals surface area (Å²) in [7, 11) is 1.65. The Labute approximate surface area is 179 Å². The first-order chi connectivity index (χ1) is 14.4. The summed E-state index contributed by atoms with van der Waals surface area (Å²) in [6, 6.07) is 8.62. The highest BCUT2D eigenvalue weighted by Gasteiger charge is 2.21. The molecule has 0 unspecified atom stereocenters. The summed E-state index contributed by atoms with van der Waals surface area (Å²) in [4.78, 5) is 21.0. The van der Waals surface area contributed by atoms with Crippen LogP contribution in [-0.4, -0.2) is 43.3 Å². The number of aromatic nitrogens is 4. The van der Waals surface area contributed by atoms with Gasteiger partial charge in [-0.05, 0) is 56.3 Å². The van der Waals surface area contributed by atoms with Gasteiger partial charge in [0.25, 0.3) is 0 Å². The Balaban J connectivity index is 1.85. The molecule has 0 saturated heterocycles. The zero-order chi connectivity index (χ0) is 21.4. The van der Waals surface area contributed by atoms with Crippen LogP contribution < -0.4 is 10.4 Å². The van der Waals surface area contributed by atoms with Gasteiger partial charge in [0.05, 0.1) is 19.0 Å². The van der Waals surface area contributed by atoms with E-state index in [0.29, 0.717) is 24.3 Å². The molecular weight excluding hydrogens is 398 g/mol. The molecule has 1 aromatic carbocycles. The lowest BCUT2D eigenvalue weighted by atomic mass is 10.1.